The van der Waals surface area contributed by atoms with Crippen LogP contribution in [0.5, 0.6) is 0 Å². The van der Waals surface area contributed by atoms with Crippen LogP contribution in [-0.4, -0.2) is 66.7 Å². The Hall–Kier alpha value is -1.54. The molecule has 7 nitrogen and oxygen atoms in total. The maximum absolute atomic E-state index is 12.1. The molecule has 25 heavy (non-hydrogen) atoms. The standard InChI is InChI=1S/C18H27N3O4/c22-14-10-21-16-2-1-15(25-17(16)12-24-11-14)9-18(23)20-8-5-13-3-6-19-7-4-13/h3-4,6-7,14-17,21-22H,1-2,5,8-12H2,(H,20,23)/t14-,15+,16-,17+/m0/s1. The first kappa shape index (κ1) is 18.3. The molecule has 2 saturated heterocycles. The van der Waals surface area contributed by atoms with E-state index in [1.165, 1.54) is 0 Å². The minimum atomic E-state index is -0.468. The van der Waals surface area contributed by atoms with E-state index in [1.807, 2.05) is 12.1 Å². The zero-order valence-corrected chi connectivity index (χ0v) is 14.4. The lowest BCUT2D eigenvalue weighted by atomic mass is 9.96. The van der Waals surface area contributed by atoms with E-state index in [9.17, 15) is 9.90 Å². The summed E-state index contributed by atoms with van der Waals surface area (Å²) < 4.78 is 11.6. The van der Waals surface area contributed by atoms with Gasteiger partial charge in [0.2, 0.25) is 5.91 Å². The van der Waals surface area contributed by atoms with Gasteiger partial charge in [0, 0.05) is 31.5 Å². The molecule has 0 spiro atoms. The summed E-state index contributed by atoms with van der Waals surface area (Å²) in [6.45, 7) is 1.91. The van der Waals surface area contributed by atoms with E-state index in [4.69, 9.17) is 9.47 Å². The van der Waals surface area contributed by atoms with Crippen molar-refractivity contribution in [2.45, 2.75) is 50.0 Å². The molecule has 0 aliphatic carbocycles. The molecule has 2 aliphatic rings. The number of nitrogens with zero attached hydrogens (tertiary/aromatic N) is 1. The number of amides is 1. The van der Waals surface area contributed by atoms with Crippen LogP contribution in [0.25, 0.3) is 0 Å². The van der Waals surface area contributed by atoms with Crippen LogP contribution in [-0.2, 0) is 20.7 Å². The van der Waals surface area contributed by atoms with Crippen molar-refractivity contribution in [2.24, 2.45) is 0 Å². The third-order valence-electron chi connectivity index (χ3n) is 4.72. The minimum Gasteiger partial charge on any atom is -0.389 e. The first-order chi connectivity index (χ1) is 12.2. The van der Waals surface area contributed by atoms with Crippen LogP contribution in [0.1, 0.15) is 24.8 Å². The Morgan fingerprint density at radius 3 is 3.00 bits per heavy atom. The minimum absolute atomic E-state index is 0.0210. The number of aliphatic hydroxyl groups is 1. The first-order valence-corrected chi connectivity index (χ1v) is 9.01. The largest absolute Gasteiger partial charge is 0.389 e. The summed E-state index contributed by atoms with van der Waals surface area (Å²) in [7, 11) is 0. The lowest BCUT2D eigenvalue weighted by Crippen LogP contribution is -2.53. The van der Waals surface area contributed by atoms with Crippen LogP contribution >= 0.6 is 0 Å². The average Bonchev–Trinajstić information content (AvgIpc) is 2.60. The van der Waals surface area contributed by atoms with Crippen molar-refractivity contribution in [1.29, 1.82) is 0 Å². The van der Waals surface area contributed by atoms with E-state index in [2.05, 4.69) is 15.6 Å². The molecule has 3 N–H and O–H groups in total. The number of rotatable bonds is 5. The van der Waals surface area contributed by atoms with Crippen LogP contribution in [0, 0.1) is 0 Å². The number of ether oxygens (including phenoxy) is 2. The molecule has 0 aromatic carbocycles. The number of carbonyl (C=O) groups excluding carboxylic acids is 1. The van der Waals surface area contributed by atoms with E-state index >= 15 is 0 Å². The third-order valence-corrected chi connectivity index (χ3v) is 4.72. The van der Waals surface area contributed by atoms with Crippen molar-refractivity contribution < 1.29 is 19.4 Å². The molecule has 2 fully saturated rings. The molecule has 0 bridgehead atoms. The monoisotopic (exact) mass is 349 g/mol. The number of fused-ring (bicyclic) bond motifs is 1. The van der Waals surface area contributed by atoms with Gasteiger partial charge in [0.15, 0.2) is 0 Å². The van der Waals surface area contributed by atoms with Gasteiger partial charge in [-0.15, -0.1) is 0 Å². The molecule has 3 rings (SSSR count). The van der Waals surface area contributed by atoms with E-state index in [0.29, 0.717) is 32.7 Å². The maximum atomic E-state index is 12.1. The van der Waals surface area contributed by atoms with Crippen molar-refractivity contribution in [2.75, 3.05) is 26.3 Å². The number of aromatic nitrogens is 1. The lowest BCUT2D eigenvalue weighted by Gasteiger charge is -2.38. The summed E-state index contributed by atoms with van der Waals surface area (Å²) in [4.78, 5) is 16.1. The van der Waals surface area contributed by atoms with Gasteiger partial charge in [0.05, 0.1) is 37.9 Å². The molecular formula is C18H27N3O4. The smallest absolute Gasteiger partial charge is 0.222 e. The van der Waals surface area contributed by atoms with Crippen LogP contribution in [0.3, 0.4) is 0 Å². The Morgan fingerprint density at radius 1 is 1.32 bits per heavy atom. The molecule has 2 aliphatic heterocycles. The molecule has 0 radical (unpaired) electrons. The highest BCUT2D eigenvalue weighted by molar-refractivity contribution is 5.76. The van der Waals surface area contributed by atoms with Gasteiger partial charge in [0.1, 0.15) is 0 Å². The van der Waals surface area contributed by atoms with E-state index < -0.39 is 6.10 Å². The highest BCUT2D eigenvalue weighted by Gasteiger charge is 2.33. The predicted molar refractivity (Wildman–Crippen MR) is 92.1 cm³/mol. The normalized spacial score (nSPS) is 30.0. The van der Waals surface area contributed by atoms with Gasteiger partial charge < -0.3 is 25.2 Å². The molecule has 3 heterocycles. The predicted octanol–water partition coefficient (Wildman–Crippen LogP) is 0.0273. The van der Waals surface area contributed by atoms with Crippen LogP contribution in [0.4, 0.5) is 0 Å². The molecule has 7 heteroatoms. The summed E-state index contributed by atoms with van der Waals surface area (Å²) in [6, 6.07) is 4.09. The Bertz CT molecular complexity index is 542. The fraction of sp³-hybridized carbons (Fsp3) is 0.667. The summed E-state index contributed by atoms with van der Waals surface area (Å²) >= 11 is 0. The van der Waals surface area contributed by atoms with Crippen molar-refractivity contribution >= 4 is 5.91 Å². The van der Waals surface area contributed by atoms with Gasteiger partial charge in [-0.2, -0.15) is 0 Å². The summed E-state index contributed by atoms with van der Waals surface area (Å²) in [5.41, 5.74) is 1.16. The van der Waals surface area contributed by atoms with Crippen molar-refractivity contribution in [1.82, 2.24) is 15.6 Å². The molecular weight excluding hydrogens is 322 g/mol. The van der Waals surface area contributed by atoms with Crippen molar-refractivity contribution in [3.63, 3.8) is 0 Å². The molecule has 1 amide bonds. The van der Waals surface area contributed by atoms with Gasteiger partial charge in [-0.3, -0.25) is 9.78 Å². The molecule has 138 valence electrons. The van der Waals surface area contributed by atoms with E-state index in [0.717, 1.165) is 24.8 Å². The van der Waals surface area contributed by atoms with Gasteiger partial charge in [-0.25, -0.2) is 0 Å². The highest BCUT2D eigenvalue weighted by Crippen LogP contribution is 2.23. The van der Waals surface area contributed by atoms with Gasteiger partial charge in [-0.1, -0.05) is 0 Å². The van der Waals surface area contributed by atoms with E-state index in [-0.39, 0.29) is 24.2 Å². The van der Waals surface area contributed by atoms with Crippen LogP contribution in [0.15, 0.2) is 24.5 Å². The summed E-state index contributed by atoms with van der Waals surface area (Å²) in [6.07, 6.45) is 5.85. The zero-order valence-electron chi connectivity index (χ0n) is 14.4. The number of carbonyl (C=O) groups is 1. The zero-order chi connectivity index (χ0) is 17.5. The number of nitrogens with one attached hydrogen (secondary N) is 2. The highest BCUT2D eigenvalue weighted by atomic mass is 16.5. The van der Waals surface area contributed by atoms with Gasteiger partial charge >= 0.3 is 0 Å². The van der Waals surface area contributed by atoms with Crippen LogP contribution < -0.4 is 10.6 Å². The number of hydrogen-bond donors (Lipinski definition) is 3. The van der Waals surface area contributed by atoms with Gasteiger partial charge in [-0.05, 0) is 37.0 Å². The molecule has 0 unspecified atom stereocenters. The SMILES string of the molecule is O=C(C[C@H]1CC[C@@H]2NC[C@H](O)COC[C@H]2O1)NCCc1ccncc1. The molecule has 1 aromatic heterocycles. The molecule has 1 aromatic rings. The number of aliphatic hydroxyl groups excluding tert-OH is 1. The average molecular weight is 349 g/mol. The Kier molecular flexibility index (Phi) is 6.75. The Morgan fingerprint density at radius 2 is 2.16 bits per heavy atom. The van der Waals surface area contributed by atoms with Crippen molar-refractivity contribution in [3.05, 3.63) is 30.1 Å². The lowest BCUT2D eigenvalue weighted by molar-refractivity contribution is -0.137. The van der Waals surface area contributed by atoms with E-state index in [1.54, 1.807) is 12.4 Å². The second-order valence-corrected chi connectivity index (χ2v) is 6.74. The fourth-order valence-electron chi connectivity index (χ4n) is 3.34. The third kappa shape index (κ3) is 5.74. The summed E-state index contributed by atoms with van der Waals surface area (Å²) in [5, 5.41) is 16.0. The van der Waals surface area contributed by atoms with Gasteiger partial charge in [0.25, 0.3) is 0 Å². The maximum Gasteiger partial charge on any atom is 0.222 e. The number of pyridine rings is 1. The first-order valence-electron chi connectivity index (χ1n) is 9.01. The molecule has 0 saturated carbocycles. The topological polar surface area (TPSA) is 92.7 Å². The second-order valence-electron chi connectivity index (χ2n) is 6.74. The quantitative estimate of drug-likeness (QED) is 0.694. The fourth-order valence-corrected chi connectivity index (χ4v) is 3.34. The molecule has 4 atom stereocenters. The van der Waals surface area contributed by atoms with Crippen molar-refractivity contribution in [3.8, 4) is 0 Å². The van der Waals surface area contributed by atoms with Crippen LogP contribution in [0.2, 0.25) is 0 Å². The second kappa shape index (κ2) is 9.24. The Balaban J connectivity index is 1.39. The Labute approximate surface area is 148 Å². The number of hydrogen-bond acceptors (Lipinski definition) is 6. The summed E-state index contributed by atoms with van der Waals surface area (Å²) in [5.74, 6) is 0.0210. The number of β-amino-alcohol motifs (C(OH)–C–C–N with tert-alkyl or cyclic N) is 1.